The lowest BCUT2D eigenvalue weighted by molar-refractivity contribution is -0.128. The van der Waals surface area contributed by atoms with Gasteiger partial charge >= 0.3 is 5.97 Å². The van der Waals surface area contributed by atoms with Crippen molar-refractivity contribution in [3.05, 3.63) is 41.2 Å². The monoisotopic (exact) mass is 412 g/mol. The Morgan fingerprint density at radius 3 is 2.50 bits per heavy atom. The Balaban J connectivity index is 2.06. The minimum atomic E-state index is -0.645. The van der Waals surface area contributed by atoms with E-state index in [1.165, 1.54) is 0 Å². The van der Waals surface area contributed by atoms with Crippen LogP contribution in [0.5, 0.6) is 5.75 Å². The summed E-state index contributed by atoms with van der Waals surface area (Å²) in [6.07, 6.45) is 1.92. The standard InChI is InChI=1S/C23H28N2O5/c1-5-30-23(28)18-15(3)24-20(19(18)16-8-10-17(29-4)11-9-16)21(26)22(27)25-12-6-7-14(2)13-25/h8-11,14,24H,5-7,12-13H2,1-4H3/t14-/m0/s1. The molecule has 1 saturated heterocycles. The van der Waals surface area contributed by atoms with Gasteiger partial charge in [0.05, 0.1) is 19.3 Å². The van der Waals surface area contributed by atoms with Gasteiger partial charge in [0.2, 0.25) is 0 Å². The number of carbonyl (C=O) groups is 3. The Bertz CT molecular complexity index is 945. The molecule has 0 spiro atoms. The van der Waals surface area contributed by atoms with Crippen LogP contribution in [0.4, 0.5) is 0 Å². The fraction of sp³-hybridized carbons (Fsp3) is 0.435. The summed E-state index contributed by atoms with van der Waals surface area (Å²) in [6.45, 7) is 6.83. The second kappa shape index (κ2) is 9.15. The zero-order valence-electron chi connectivity index (χ0n) is 17.9. The summed E-state index contributed by atoms with van der Waals surface area (Å²) in [5.41, 5.74) is 1.89. The Morgan fingerprint density at radius 2 is 1.90 bits per heavy atom. The van der Waals surface area contributed by atoms with Crippen LogP contribution >= 0.6 is 0 Å². The maximum absolute atomic E-state index is 13.2. The number of hydrogen-bond donors (Lipinski definition) is 1. The number of likely N-dealkylation sites (tertiary alicyclic amines) is 1. The number of nitrogens with zero attached hydrogens (tertiary/aromatic N) is 1. The fourth-order valence-electron chi connectivity index (χ4n) is 3.92. The molecule has 2 aromatic rings. The number of esters is 1. The smallest absolute Gasteiger partial charge is 0.340 e. The average molecular weight is 412 g/mol. The molecule has 7 nitrogen and oxygen atoms in total. The normalized spacial score (nSPS) is 16.3. The zero-order valence-corrected chi connectivity index (χ0v) is 17.9. The molecule has 0 aliphatic carbocycles. The lowest BCUT2D eigenvalue weighted by atomic mass is 9.96. The minimum Gasteiger partial charge on any atom is -0.497 e. The van der Waals surface area contributed by atoms with Crippen molar-refractivity contribution in [3.8, 4) is 16.9 Å². The summed E-state index contributed by atoms with van der Waals surface area (Å²) < 4.78 is 10.4. The van der Waals surface area contributed by atoms with E-state index in [-0.39, 0.29) is 17.9 Å². The highest BCUT2D eigenvalue weighted by Gasteiger charge is 2.33. The van der Waals surface area contributed by atoms with Gasteiger partial charge in [0.25, 0.3) is 11.7 Å². The van der Waals surface area contributed by atoms with Gasteiger partial charge in [0.15, 0.2) is 0 Å². The van der Waals surface area contributed by atoms with E-state index < -0.39 is 17.7 Å². The van der Waals surface area contributed by atoms with E-state index in [4.69, 9.17) is 9.47 Å². The molecule has 1 aromatic heterocycles. The number of aryl methyl sites for hydroxylation is 1. The van der Waals surface area contributed by atoms with Crippen molar-refractivity contribution >= 4 is 17.7 Å². The minimum absolute atomic E-state index is 0.115. The number of hydrogen-bond acceptors (Lipinski definition) is 5. The first-order valence-corrected chi connectivity index (χ1v) is 10.2. The molecule has 7 heteroatoms. The third-order valence-electron chi connectivity index (χ3n) is 5.41. The van der Waals surface area contributed by atoms with Crippen LogP contribution in [0, 0.1) is 12.8 Å². The van der Waals surface area contributed by atoms with Crippen molar-refractivity contribution in [2.45, 2.75) is 33.6 Å². The summed E-state index contributed by atoms with van der Waals surface area (Å²) in [5, 5.41) is 0. The average Bonchev–Trinajstić information content (AvgIpc) is 3.10. The highest BCUT2D eigenvalue weighted by atomic mass is 16.5. The van der Waals surface area contributed by atoms with Crippen LogP contribution in [0.15, 0.2) is 24.3 Å². The number of rotatable bonds is 6. The Kier molecular flexibility index (Phi) is 6.59. The van der Waals surface area contributed by atoms with Gasteiger partial charge in [-0.05, 0) is 50.3 Å². The lowest BCUT2D eigenvalue weighted by Crippen LogP contribution is -2.43. The van der Waals surface area contributed by atoms with Gasteiger partial charge in [0.1, 0.15) is 11.4 Å². The van der Waals surface area contributed by atoms with Crippen LogP contribution in [-0.4, -0.2) is 54.3 Å². The Labute approximate surface area is 176 Å². The summed E-state index contributed by atoms with van der Waals surface area (Å²) >= 11 is 0. The van der Waals surface area contributed by atoms with Gasteiger partial charge in [-0.3, -0.25) is 9.59 Å². The Hall–Kier alpha value is -3.09. The van der Waals surface area contributed by atoms with E-state index in [0.29, 0.717) is 41.6 Å². The molecule has 0 unspecified atom stereocenters. The SMILES string of the molecule is CCOC(=O)c1c(C)[nH]c(C(=O)C(=O)N2CCC[C@H](C)C2)c1-c1ccc(OC)cc1. The van der Waals surface area contributed by atoms with Crippen molar-refractivity contribution in [1.82, 2.24) is 9.88 Å². The van der Waals surface area contributed by atoms with Gasteiger partial charge in [-0.2, -0.15) is 0 Å². The number of H-pyrrole nitrogens is 1. The predicted octanol–water partition coefficient (Wildman–Crippen LogP) is 3.62. The first kappa shape index (κ1) is 21.6. The third-order valence-corrected chi connectivity index (χ3v) is 5.41. The van der Waals surface area contributed by atoms with E-state index in [1.807, 2.05) is 0 Å². The van der Waals surface area contributed by atoms with Crippen molar-refractivity contribution in [3.63, 3.8) is 0 Å². The van der Waals surface area contributed by atoms with E-state index in [1.54, 1.807) is 50.1 Å². The molecule has 1 N–H and O–H groups in total. The zero-order chi connectivity index (χ0) is 21.8. The van der Waals surface area contributed by atoms with Crippen molar-refractivity contribution in [2.24, 2.45) is 5.92 Å². The predicted molar refractivity (Wildman–Crippen MR) is 113 cm³/mol. The highest BCUT2D eigenvalue weighted by Crippen LogP contribution is 2.33. The van der Waals surface area contributed by atoms with Crippen molar-refractivity contribution in [2.75, 3.05) is 26.8 Å². The van der Waals surface area contributed by atoms with Gasteiger partial charge in [-0.25, -0.2) is 4.79 Å². The largest absolute Gasteiger partial charge is 0.497 e. The fourth-order valence-corrected chi connectivity index (χ4v) is 3.92. The molecule has 3 rings (SSSR count). The molecule has 2 heterocycles. The molecule has 0 saturated carbocycles. The maximum atomic E-state index is 13.2. The summed E-state index contributed by atoms with van der Waals surface area (Å²) in [5.74, 6) is -0.719. The molecule has 1 aliphatic rings. The molecule has 1 aliphatic heterocycles. The molecular formula is C23H28N2O5. The number of ketones is 1. The van der Waals surface area contributed by atoms with E-state index in [2.05, 4.69) is 11.9 Å². The summed E-state index contributed by atoms with van der Waals surface area (Å²) in [7, 11) is 1.56. The van der Waals surface area contributed by atoms with Crippen LogP contribution < -0.4 is 4.74 Å². The van der Waals surface area contributed by atoms with Gasteiger partial charge < -0.3 is 19.4 Å². The maximum Gasteiger partial charge on any atom is 0.340 e. The summed E-state index contributed by atoms with van der Waals surface area (Å²) in [6, 6.07) is 7.01. The second-order valence-corrected chi connectivity index (χ2v) is 7.65. The number of piperidine rings is 1. The molecule has 1 aromatic carbocycles. The third kappa shape index (κ3) is 4.25. The van der Waals surface area contributed by atoms with E-state index >= 15 is 0 Å². The van der Waals surface area contributed by atoms with Crippen LogP contribution in [0.25, 0.3) is 11.1 Å². The quantitative estimate of drug-likeness (QED) is 0.445. The number of aromatic nitrogens is 1. The first-order valence-electron chi connectivity index (χ1n) is 10.2. The van der Waals surface area contributed by atoms with Crippen LogP contribution in [0.1, 0.15) is 53.2 Å². The van der Waals surface area contributed by atoms with Gasteiger partial charge in [0, 0.05) is 24.3 Å². The van der Waals surface area contributed by atoms with Crippen LogP contribution in [0.2, 0.25) is 0 Å². The number of nitrogens with one attached hydrogen (secondary N) is 1. The van der Waals surface area contributed by atoms with Crippen LogP contribution in [-0.2, 0) is 9.53 Å². The number of benzene rings is 1. The van der Waals surface area contributed by atoms with E-state index in [9.17, 15) is 14.4 Å². The molecule has 160 valence electrons. The number of ether oxygens (including phenoxy) is 2. The van der Waals surface area contributed by atoms with Crippen LogP contribution in [0.3, 0.4) is 0 Å². The van der Waals surface area contributed by atoms with Gasteiger partial charge in [-0.15, -0.1) is 0 Å². The number of amides is 1. The topological polar surface area (TPSA) is 88.7 Å². The molecule has 30 heavy (non-hydrogen) atoms. The number of carbonyl (C=O) groups excluding carboxylic acids is 3. The number of Topliss-reactive ketones (excluding diaryl/α,β-unsaturated/α-hetero) is 1. The first-order chi connectivity index (χ1) is 14.4. The second-order valence-electron chi connectivity index (χ2n) is 7.65. The lowest BCUT2D eigenvalue weighted by Gasteiger charge is -2.30. The number of methoxy groups -OCH3 is 1. The molecule has 0 radical (unpaired) electrons. The van der Waals surface area contributed by atoms with E-state index in [0.717, 1.165) is 12.8 Å². The summed E-state index contributed by atoms with van der Waals surface area (Å²) in [4.78, 5) is 43.4. The van der Waals surface area contributed by atoms with Crippen molar-refractivity contribution < 1.29 is 23.9 Å². The molecule has 1 amide bonds. The molecule has 1 atom stereocenters. The highest BCUT2D eigenvalue weighted by molar-refractivity contribution is 6.43. The molecule has 1 fully saturated rings. The molecule has 0 bridgehead atoms. The van der Waals surface area contributed by atoms with Crippen molar-refractivity contribution in [1.29, 1.82) is 0 Å². The molecular weight excluding hydrogens is 384 g/mol. The van der Waals surface area contributed by atoms with Gasteiger partial charge in [-0.1, -0.05) is 19.1 Å². The number of aromatic amines is 1. The Morgan fingerprint density at radius 1 is 1.20 bits per heavy atom.